The van der Waals surface area contributed by atoms with Gasteiger partial charge in [0.25, 0.3) is 0 Å². The van der Waals surface area contributed by atoms with E-state index in [1.54, 1.807) is 11.8 Å². The maximum Gasteiger partial charge on any atom is 0.243 e. The summed E-state index contributed by atoms with van der Waals surface area (Å²) in [6.07, 6.45) is 0.729. The lowest BCUT2D eigenvalue weighted by Crippen LogP contribution is -2.33. The van der Waals surface area contributed by atoms with Crippen LogP contribution in [0.3, 0.4) is 0 Å². The van der Waals surface area contributed by atoms with Crippen molar-refractivity contribution in [3.8, 4) is 5.75 Å². The van der Waals surface area contributed by atoms with Crippen molar-refractivity contribution >= 4 is 21.8 Å². The Bertz CT molecular complexity index is 827. The molecule has 4 nitrogen and oxygen atoms in total. The summed E-state index contributed by atoms with van der Waals surface area (Å²) in [4.78, 5) is -0.0334. The second-order valence-electron chi connectivity index (χ2n) is 5.76. The molecule has 2 aromatic carbocycles. The van der Waals surface area contributed by atoms with E-state index in [2.05, 4.69) is 12.1 Å². The number of hydrogen-bond donors (Lipinski definition) is 0. The minimum atomic E-state index is -3.71. The molecule has 7 heteroatoms. The van der Waals surface area contributed by atoms with Crippen LogP contribution in [0.5, 0.6) is 5.75 Å². The Labute approximate surface area is 152 Å². The van der Waals surface area contributed by atoms with Crippen LogP contribution in [0.15, 0.2) is 53.4 Å². The summed E-state index contributed by atoms with van der Waals surface area (Å²) >= 11 is 1.76. The summed E-state index contributed by atoms with van der Waals surface area (Å²) in [5, 5.41) is 0.272. The minimum Gasteiger partial charge on any atom is -0.494 e. The van der Waals surface area contributed by atoms with Gasteiger partial charge in [-0.25, -0.2) is 12.8 Å². The summed E-state index contributed by atoms with van der Waals surface area (Å²) in [7, 11) is -2.36. The van der Waals surface area contributed by atoms with Crippen molar-refractivity contribution in [2.45, 2.75) is 16.6 Å². The topological polar surface area (TPSA) is 46.6 Å². The van der Waals surface area contributed by atoms with Crippen LogP contribution in [0.4, 0.5) is 4.39 Å². The van der Waals surface area contributed by atoms with Crippen LogP contribution >= 0.6 is 11.8 Å². The van der Waals surface area contributed by atoms with Crippen molar-refractivity contribution in [2.24, 2.45) is 0 Å². The highest BCUT2D eigenvalue weighted by Crippen LogP contribution is 2.35. The zero-order valence-corrected chi connectivity index (χ0v) is 15.5. The summed E-state index contributed by atoms with van der Waals surface area (Å²) in [5.41, 5.74) is 1.21. The van der Waals surface area contributed by atoms with Crippen molar-refractivity contribution in [2.75, 3.05) is 26.0 Å². The summed E-state index contributed by atoms with van der Waals surface area (Å²) < 4.78 is 45.9. The third kappa shape index (κ3) is 3.99. The van der Waals surface area contributed by atoms with Crippen molar-refractivity contribution in [1.82, 2.24) is 4.31 Å². The lowest BCUT2D eigenvalue weighted by molar-refractivity contribution is 0.385. The largest absolute Gasteiger partial charge is 0.494 e. The lowest BCUT2D eigenvalue weighted by Gasteiger charge is -2.20. The molecule has 1 fully saturated rings. The molecule has 3 rings (SSSR count). The van der Waals surface area contributed by atoms with Gasteiger partial charge in [-0.1, -0.05) is 30.3 Å². The Balaban J connectivity index is 1.78. The normalized spacial score (nSPS) is 19.4. The van der Waals surface area contributed by atoms with E-state index in [0.717, 1.165) is 12.5 Å². The first-order valence-electron chi connectivity index (χ1n) is 8.02. The Morgan fingerprint density at radius 2 is 1.92 bits per heavy atom. The molecule has 1 heterocycles. The van der Waals surface area contributed by atoms with Gasteiger partial charge in [0.2, 0.25) is 10.0 Å². The van der Waals surface area contributed by atoms with Crippen LogP contribution in [-0.2, 0) is 10.0 Å². The van der Waals surface area contributed by atoms with Crippen molar-refractivity contribution in [3.05, 3.63) is 59.9 Å². The van der Waals surface area contributed by atoms with Crippen molar-refractivity contribution < 1.29 is 17.5 Å². The van der Waals surface area contributed by atoms with E-state index < -0.39 is 15.8 Å². The number of nitrogens with zero attached hydrogens (tertiary/aromatic N) is 1. The summed E-state index contributed by atoms with van der Waals surface area (Å²) in [5.74, 6) is 0.0710. The number of thioether (sulfide) groups is 1. The molecule has 1 aliphatic rings. The number of ether oxygens (including phenoxy) is 1. The number of rotatable bonds is 4. The van der Waals surface area contributed by atoms with E-state index in [-0.39, 0.29) is 15.9 Å². The fourth-order valence-corrected chi connectivity index (χ4v) is 5.70. The Morgan fingerprint density at radius 1 is 1.16 bits per heavy atom. The third-order valence-electron chi connectivity index (χ3n) is 4.23. The molecule has 0 aliphatic carbocycles. The fraction of sp³-hybridized carbons (Fsp3) is 0.333. The quantitative estimate of drug-likeness (QED) is 0.810. The number of halogens is 1. The number of methoxy groups -OCH3 is 1. The average molecular weight is 381 g/mol. The molecule has 0 N–H and O–H groups in total. The second kappa shape index (κ2) is 7.76. The minimum absolute atomic E-state index is 0.0334. The first-order chi connectivity index (χ1) is 12.0. The van der Waals surface area contributed by atoms with Crippen LogP contribution in [0.1, 0.15) is 17.2 Å². The molecule has 25 heavy (non-hydrogen) atoms. The Kier molecular flexibility index (Phi) is 5.66. The smallest absolute Gasteiger partial charge is 0.243 e. The van der Waals surface area contributed by atoms with E-state index in [1.165, 1.54) is 29.1 Å². The van der Waals surface area contributed by atoms with Crippen LogP contribution in [0.25, 0.3) is 0 Å². The molecular weight excluding hydrogens is 361 g/mol. The summed E-state index contributed by atoms with van der Waals surface area (Å²) in [6, 6.07) is 13.9. The van der Waals surface area contributed by atoms with Crippen molar-refractivity contribution in [3.63, 3.8) is 0 Å². The molecule has 1 aliphatic heterocycles. The Hall–Kier alpha value is -1.57. The molecule has 0 saturated carbocycles. The fourth-order valence-electron chi connectivity index (χ4n) is 2.88. The van der Waals surface area contributed by atoms with Gasteiger partial charge in [0.05, 0.1) is 12.0 Å². The van der Waals surface area contributed by atoms with E-state index in [9.17, 15) is 12.8 Å². The van der Waals surface area contributed by atoms with Crippen LogP contribution in [0.2, 0.25) is 0 Å². The standard InChI is InChI=1S/C18H20FNO3S2/c1-23-17-8-7-15(13-16(17)19)25(21,22)20-10-9-18(24-12-11-20)14-5-3-2-4-6-14/h2-8,13,18H,9-12H2,1H3. The predicted octanol–water partition coefficient (Wildman–Crippen LogP) is 3.70. The van der Waals surface area contributed by atoms with Gasteiger partial charge >= 0.3 is 0 Å². The SMILES string of the molecule is COc1ccc(S(=O)(=O)N2CCSC(c3ccccc3)CC2)cc1F. The molecule has 134 valence electrons. The van der Waals surface area contributed by atoms with Crippen molar-refractivity contribution in [1.29, 1.82) is 0 Å². The van der Waals surface area contributed by atoms with E-state index in [1.807, 2.05) is 18.2 Å². The molecule has 0 radical (unpaired) electrons. The molecule has 0 bridgehead atoms. The average Bonchev–Trinajstić information content (AvgIpc) is 2.89. The van der Waals surface area contributed by atoms with Gasteiger partial charge < -0.3 is 4.74 Å². The third-order valence-corrected chi connectivity index (χ3v) is 7.46. The molecule has 1 saturated heterocycles. The van der Waals surface area contributed by atoms with Gasteiger partial charge in [-0.15, -0.1) is 0 Å². The van der Waals surface area contributed by atoms with Crippen LogP contribution in [-0.4, -0.2) is 38.7 Å². The van der Waals surface area contributed by atoms with Crippen LogP contribution in [0, 0.1) is 5.82 Å². The van der Waals surface area contributed by atoms with Gasteiger partial charge in [-0.05, 0) is 30.2 Å². The molecule has 0 aromatic heterocycles. The van der Waals surface area contributed by atoms with E-state index >= 15 is 0 Å². The van der Waals surface area contributed by atoms with Gasteiger partial charge in [0.15, 0.2) is 11.6 Å². The zero-order valence-electron chi connectivity index (χ0n) is 13.9. The highest BCUT2D eigenvalue weighted by molar-refractivity contribution is 7.99. The molecule has 2 aromatic rings. The van der Waals surface area contributed by atoms with Crippen LogP contribution < -0.4 is 4.74 Å². The number of hydrogen-bond acceptors (Lipinski definition) is 4. The predicted molar refractivity (Wildman–Crippen MR) is 98.0 cm³/mol. The van der Waals surface area contributed by atoms with Gasteiger partial charge in [0, 0.05) is 24.1 Å². The van der Waals surface area contributed by atoms with E-state index in [0.29, 0.717) is 18.8 Å². The molecule has 1 atom stereocenters. The zero-order chi connectivity index (χ0) is 17.9. The van der Waals surface area contributed by atoms with E-state index in [4.69, 9.17) is 4.74 Å². The lowest BCUT2D eigenvalue weighted by atomic mass is 10.1. The first kappa shape index (κ1) is 18.2. The molecule has 1 unspecified atom stereocenters. The Morgan fingerprint density at radius 3 is 2.60 bits per heavy atom. The molecular formula is C18H20FNO3S2. The highest BCUT2D eigenvalue weighted by atomic mass is 32.2. The highest BCUT2D eigenvalue weighted by Gasteiger charge is 2.29. The maximum absolute atomic E-state index is 13.9. The van der Waals surface area contributed by atoms with Gasteiger partial charge in [-0.3, -0.25) is 0 Å². The summed E-state index contributed by atoms with van der Waals surface area (Å²) in [6.45, 7) is 0.840. The van der Waals surface area contributed by atoms with Gasteiger partial charge in [-0.2, -0.15) is 16.1 Å². The van der Waals surface area contributed by atoms with Gasteiger partial charge in [0.1, 0.15) is 0 Å². The number of benzene rings is 2. The number of sulfonamides is 1. The monoisotopic (exact) mass is 381 g/mol. The maximum atomic E-state index is 13.9. The second-order valence-corrected chi connectivity index (χ2v) is 9.01. The molecule has 0 spiro atoms. The molecule has 0 amide bonds. The first-order valence-corrected chi connectivity index (χ1v) is 10.5.